The van der Waals surface area contributed by atoms with Crippen LogP contribution in [0.25, 0.3) is 11.0 Å². The molecule has 2 heterocycles. The summed E-state index contributed by atoms with van der Waals surface area (Å²) in [6.07, 6.45) is 7.07. The Labute approximate surface area is 131 Å². The molecule has 0 bridgehead atoms. The Balaban J connectivity index is 1.75. The van der Waals surface area contributed by atoms with Crippen molar-refractivity contribution in [2.45, 2.75) is 44.0 Å². The van der Waals surface area contributed by atoms with Crippen molar-refractivity contribution in [3.8, 4) is 0 Å². The maximum atomic E-state index is 6.69. The van der Waals surface area contributed by atoms with Gasteiger partial charge in [0.25, 0.3) is 0 Å². The zero-order valence-electron chi connectivity index (χ0n) is 12.9. The number of halogens is 1. The first-order chi connectivity index (χ1) is 10.2. The zero-order chi connectivity index (χ0) is 14.8. The molecule has 2 atom stereocenters. The Morgan fingerprint density at radius 2 is 2.24 bits per heavy atom. The van der Waals surface area contributed by atoms with Gasteiger partial charge >= 0.3 is 0 Å². The summed E-state index contributed by atoms with van der Waals surface area (Å²) in [5.41, 5.74) is 3.38. The average molecular weight is 306 g/mol. The molecular formula is C17H24ClN3. The molecule has 1 saturated heterocycles. The van der Waals surface area contributed by atoms with E-state index < -0.39 is 0 Å². The molecule has 2 unspecified atom stereocenters. The van der Waals surface area contributed by atoms with Crippen molar-refractivity contribution in [2.24, 2.45) is 7.05 Å². The van der Waals surface area contributed by atoms with E-state index in [1.54, 1.807) is 0 Å². The van der Waals surface area contributed by atoms with Crippen LogP contribution in [0.5, 0.6) is 0 Å². The molecule has 0 amide bonds. The predicted molar refractivity (Wildman–Crippen MR) is 88.8 cm³/mol. The zero-order valence-corrected chi connectivity index (χ0v) is 13.7. The van der Waals surface area contributed by atoms with E-state index in [9.17, 15) is 0 Å². The minimum Gasteiger partial charge on any atom is -0.334 e. The van der Waals surface area contributed by atoms with Gasteiger partial charge in [0.1, 0.15) is 0 Å². The van der Waals surface area contributed by atoms with Crippen molar-refractivity contribution in [2.75, 3.05) is 13.1 Å². The Hall–Kier alpha value is -1.06. The van der Waals surface area contributed by atoms with Crippen molar-refractivity contribution in [1.82, 2.24) is 14.5 Å². The van der Waals surface area contributed by atoms with Gasteiger partial charge in [0.15, 0.2) is 0 Å². The Morgan fingerprint density at radius 1 is 1.38 bits per heavy atom. The molecule has 21 heavy (non-hydrogen) atoms. The summed E-state index contributed by atoms with van der Waals surface area (Å²) < 4.78 is 2.04. The number of aromatic nitrogens is 2. The topological polar surface area (TPSA) is 21.1 Å². The van der Waals surface area contributed by atoms with Gasteiger partial charge in [-0.25, -0.2) is 4.98 Å². The number of aryl methyl sites for hydroxylation is 1. The van der Waals surface area contributed by atoms with Gasteiger partial charge < -0.3 is 4.57 Å². The van der Waals surface area contributed by atoms with E-state index in [4.69, 9.17) is 11.6 Å². The lowest BCUT2D eigenvalue weighted by Crippen LogP contribution is -2.40. The second-order valence-electron chi connectivity index (χ2n) is 6.12. The second kappa shape index (κ2) is 6.37. The molecule has 0 radical (unpaired) electrons. The lowest BCUT2D eigenvalue weighted by molar-refractivity contribution is 0.144. The van der Waals surface area contributed by atoms with Gasteiger partial charge in [-0.05, 0) is 43.5 Å². The smallest absolute Gasteiger partial charge is 0.0955 e. The number of alkyl halides is 1. The third kappa shape index (κ3) is 3.09. The molecular weight excluding hydrogens is 282 g/mol. The van der Waals surface area contributed by atoms with Crippen LogP contribution in [-0.4, -0.2) is 33.6 Å². The molecule has 114 valence electrons. The van der Waals surface area contributed by atoms with E-state index in [2.05, 4.69) is 35.0 Å². The second-order valence-corrected chi connectivity index (χ2v) is 6.65. The molecule has 0 spiro atoms. The maximum Gasteiger partial charge on any atom is 0.0955 e. The van der Waals surface area contributed by atoms with Crippen molar-refractivity contribution in [3.05, 3.63) is 30.1 Å². The third-order valence-electron chi connectivity index (χ3n) is 4.73. The standard InChI is InChI=1S/C17H24ClN3/c1-3-14-6-4-5-9-21(14)11-15(18)13-7-8-17-16(10-13)19-12-20(17)2/h7-8,10,12,14-15H,3-6,9,11H2,1-2H3. The third-order valence-corrected chi connectivity index (χ3v) is 5.12. The molecule has 1 aromatic heterocycles. The highest BCUT2D eigenvalue weighted by Gasteiger charge is 2.23. The van der Waals surface area contributed by atoms with Gasteiger partial charge in [0.05, 0.1) is 22.7 Å². The first kappa shape index (κ1) is 14.9. The van der Waals surface area contributed by atoms with Gasteiger partial charge in [0, 0.05) is 19.6 Å². The summed E-state index contributed by atoms with van der Waals surface area (Å²) >= 11 is 6.69. The summed E-state index contributed by atoms with van der Waals surface area (Å²) in [6.45, 7) is 4.41. The molecule has 3 nitrogen and oxygen atoms in total. The number of benzene rings is 1. The molecule has 1 fully saturated rings. The minimum absolute atomic E-state index is 0.0450. The van der Waals surface area contributed by atoms with E-state index >= 15 is 0 Å². The highest BCUT2D eigenvalue weighted by molar-refractivity contribution is 6.21. The molecule has 0 aliphatic carbocycles. The van der Waals surface area contributed by atoms with E-state index in [1.807, 2.05) is 17.9 Å². The number of piperidine rings is 1. The van der Waals surface area contributed by atoms with E-state index in [1.165, 1.54) is 37.8 Å². The molecule has 1 aromatic carbocycles. The van der Waals surface area contributed by atoms with Gasteiger partial charge in [-0.2, -0.15) is 0 Å². The van der Waals surface area contributed by atoms with Crippen LogP contribution < -0.4 is 0 Å². The molecule has 0 N–H and O–H groups in total. The molecule has 3 rings (SSSR count). The number of nitrogens with zero attached hydrogens (tertiary/aromatic N) is 3. The first-order valence-corrected chi connectivity index (χ1v) is 8.41. The van der Waals surface area contributed by atoms with Gasteiger partial charge in [-0.1, -0.05) is 19.4 Å². The van der Waals surface area contributed by atoms with Crippen LogP contribution in [0.4, 0.5) is 0 Å². The fourth-order valence-corrected chi connectivity index (χ4v) is 3.73. The number of fused-ring (bicyclic) bond motifs is 1. The first-order valence-electron chi connectivity index (χ1n) is 7.98. The maximum absolute atomic E-state index is 6.69. The highest BCUT2D eigenvalue weighted by Crippen LogP contribution is 2.28. The molecule has 1 aliphatic rings. The minimum atomic E-state index is 0.0450. The number of hydrogen-bond acceptors (Lipinski definition) is 2. The average Bonchev–Trinajstić information content (AvgIpc) is 2.88. The molecule has 4 heteroatoms. The monoisotopic (exact) mass is 305 g/mol. The summed E-state index contributed by atoms with van der Waals surface area (Å²) in [6, 6.07) is 7.11. The summed E-state index contributed by atoms with van der Waals surface area (Å²) in [7, 11) is 2.02. The highest BCUT2D eigenvalue weighted by atomic mass is 35.5. The van der Waals surface area contributed by atoms with E-state index in [-0.39, 0.29) is 5.38 Å². The van der Waals surface area contributed by atoms with Crippen LogP contribution in [-0.2, 0) is 7.05 Å². The lowest BCUT2D eigenvalue weighted by atomic mass is 9.99. The largest absolute Gasteiger partial charge is 0.334 e. The van der Waals surface area contributed by atoms with E-state index in [0.29, 0.717) is 6.04 Å². The van der Waals surface area contributed by atoms with Crippen molar-refractivity contribution >= 4 is 22.6 Å². The lowest BCUT2D eigenvalue weighted by Gasteiger charge is -2.36. The Kier molecular flexibility index (Phi) is 4.51. The number of imidazole rings is 1. The Bertz CT molecular complexity index is 607. The van der Waals surface area contributed by atoms with Crippen molar-refractivity contribution < 1.29 is 0 Å². The normalized spacial score (nSPS) is 21.8. The fourth-order valence-electron chi connectivity index (χ4n) is 3.42. The fraction of sp³-hybridized carbons (Fsp3) is 0.588. The number of hydrogen-bond donors (Lipinski definition) is 0. The number of rotatable bonds is 4. The predicted octanol–water partition coefficient (Wildman–Crippen LogP) is 4.12. The van der Waals surface area contributed by atoms with Crippen molar-refractivity contribution in [3.63, 3.8) is 0 Å². The molecule has 2 aromatic rings. The molecule has 1 aliphatic heterocycles. The van der Waals surface area contributed by atoms with Gasteiger partial charge in [-0.3, -0.25) is 4.90 Å². The van der Waals surface area contributed by atoms with Gasteiger partial charge in [0.2, 0.25) is 0 Å². The number of likely N-dealkylation sites (tertiary alicyclic amines) is 1. The van der Waals surface area contributed by atoms with Crippen LogP contribution >= 0.6 is 11.6 Å². The van der Waals surface area contributed by atoms with Crippen LogP contribution in [0.3, 0.4) is 0 Å². The van der Waals surface area contributed by atoms with Crippen LogP contribution in [0, 0.1) is 0 Å². The SMILES string of the molecule is CCC1CCCCN1CC(Cl)c1ccc2c(c1)ncn2C. The van der Waals surface area contributed by atoms with E-state index in [0.717, 1.165) is 17.6 Å². The summed E-state index contributed by atoms with van der Waals surface area (Å²) in [4.78, 5) is 7.00. The van der Waals surface area contributed by atoms with Gasteiger partial charge in [-0.15, -0.1) is 11.6 Å². The summed E-state index contributed by atoms with van der Waals surface area (Å²) in [5.74, 6) is 0. The quantitative estimate of drug-likeness (QED) is 0.792. The van der Waals surface area contributed by atoms with Crippen molar-refractivity contribution in [1.29, 1.82) is 0 Å². The summed E-state index contributed by atoms with van der Waals surface area (Å²) in [5, 5.41) is 0.0450. The van der Waals surface area contributed by atoms with Crippen LogP contribution in [0.1, 0.15) is 43.5 Å². The molecule has 0 saturated carbocycles. The van der Waals surface area contributed by atoms with Crippen LogP contribution in [0.15, 0.2) is 24.5 Å². The van der Waals surface area contributed by atoms with Crippen LogP contribution in [0.2, 0.25) is 0 Å². The Morgan fingerprint density at radius 3 is 3.05 bits per heavy atom.